The number of nitrogens with one attached hydrogen (secondary N) is 1. The highest BCUT2D eigenvalue weighted by Gasteiger charge is 2.35. The number of nitrogens with zero attached hydrogens (tertiary/aromatic N) is 3. The third-order valence-corrected chi connectivity index (χ3v) is 7.77. The lowest BCUT2D eigenvalue weighted by Gasteiger charge is -2.38. The zero-order valence-electron chi connectivity index (χ0n) is 20.1. The summed E-state index contributed by atoms with van der Waals surface area (Å²) in [6.07, 6.45) is 3.97. The second kappa shape index (κ2) is 10.5. The SMILES string of the molecule is C=CC(=O)N1CCC(C2CCNc3c(C(N)=O)c(-c4ccc(Oc5ccc(Cl)c(Cl)c5)cc4)nn32)CC1. The van der Waals surface area contributed by atoms with Crippen LogP contribution in [0, 0.1) is 5.92 Å². The Hall–Kier alpha value is -3.49. The number of hydrogen-bond donors (Lipinski definition) is 2. The first-order valence-corrected chi connectivity index (χ1v) is 12.9. The normalized spacial score (nSPS) is 17.6. The fourth-order valence-electron chi connectivity index (χ4n) is 5.17. The van der Waals surface area contributed by atoms with E-state index in [1.165, 1.54) is 6.08 Å². The highest BCUT2D eigenvalue weighted by atomic mass is 35.5. The van der Waals surface area contributed by atoms with Gasteiger partial charge in [-0.1, -0.05) is 29.8 Å². The summed E-state index contributed by atoms with van der Waals surface area (Å²) in [5.41, 5.74) is 7.50. The number of ether oxygens (including phenoxy) is 1. The second-order valence-electron chi connectivity index (χ2n) is 9.23. The summed E-state index contributed by atoms with van der Waals surface area (Å²) in [7, 11) is 0. The van der Waals surface area contributed by atoms with E-state index in [0.717, 1.165) is 31.4 Å². The Morgan fingerprint density at radius 2 is 1.76 bits per heavy atom. The number of carbonyl (C=O) groups is 2. The number of aromatic nitrogens is 2. The van der Waals surface area contributed by atoms with Gasteiger partial charge in [0, 0.05) is 31.3 Å². The van der Waals surface area contributed by atoms with Crippen LogP contribution in [-0.4, -0.2) is 46.1 Å². The van der Waals surface area contributed by atoms with Crippen molar-refractivity contribution in [2.45, 2.75) is 25.3 Å². The summed E-state index contributed by atoms with van der Waals surface area (Å²) >= 11 is 12.1. The monoisotopic (exact) mass is 539 g/mol. The van der Waals surface area contributed by atoms with Crippen molar-refractivity contribution in [3.63, 3.8) is 0 Å². The quantitative estimate of drug-likeness (QED) is 0.401. The average Bonchev–Trinajstić information content (AvgIpc) is 3.31. The fraction of sp³-hybridized carbons (Fsp3) is 0.296. The van der Waals surface area contributed by atoms with Gasteiger partial charge in [-0.25, -0.2) is 4.68 Å². The van der Waals surface area contributed by atoms with Crippen molar-refractivity contribution in [1.29, 1.82) is 0 Å². The molecular formula is C27H27Cl2N5O3. The van der Waals surface area contributed by atoms with Crippen LogP contribution in [0.3, 0.4) is 0 Å². The van der Waals surface area contributed by atoms with Crippen molar-refractivity contribution in [1.82, 2.24) is 14.7 Å². The maximum atomic E-state index is 12.6. The largest absolute Gasteiger partial charge is 0.457 e. The lowest BCUT2D eigenvalue weighted by atomic mass is 9.87. The van der Waals surface area contributed by atoms with E-state index >= 15 is 0 Å². The molecule has 0 spiro atoms. The number of fused-ring (bicyclic) bond motifs is 1. The smallest absolute Gasteiger partial charge is 0.254 e. The number of nitrogens with two attached hydrogens (primary N) is 1. The van der Waals surface area contributed by atoms with Crippen LogP contribution in [0.15, 0.2) is 55.1 Å². The Labute approximate surface area is 225 Å². The molecule has 3 N–H and O–H groups in total. The summed E-state index contributed by atoms with van der Waals surface area (Å²) in [4.78, 5) is 26.4. The summed E-state index contributed by atoms with van der Waals surface area (Å²) in [6, 6.07) is 12.5. The molecule has 2 aliphatic rings. The van der Waals surface area contributed by atoms with Gasteiger partial charge in [-0.15, -0.1) is 0 Å². The Morgan fingerprint density at radius 3 is 2.41 bits per heavy atom. The minimum Gasteiger partial charge on any atom is -0.457 e. The summed E-state index contributed by atoms with van der Waals surface area (Å²) < 4.78 is 7.81. The molecule has 0 bridgehead atoms. The zero-order chi connectivity index (χ0) is 26.1. The van der Waals surface area contributed by atoms with E-state index in [4.69, 9.17) is 38.8 Å². The number of piperidine rings is 1. The number of likely N-dealkylation sites (tertiary alicyclic amines) is 1. The molecule has 5 rings (SSSR count). The van der Waals surface area contributed by atoms with Gasteiger partial charge in [-0.05, 0) is 67.7 Å². The number of anilines is 1. The lowest BCUT2D eigenvalue weighted by Crippen LogP contribution is -2.41. The van der Waals surface area contributed by atoms with Gasteiger partial charge in [0.25, 0.3) is 5.91 Å². The molecule has 2 aromatic carbocycles. The van der Waals surface area contributed by atoms with Gasteiger partial charge in [-0.2, -0.15) is 5.10 Å². The van der Waals surface area contributed by atoms with Crippen LogP contribution in [0.5, 0.6) is 11.5 Å². The molecule has 1 aromatic heterocycles. The molecule has 1 saturated heterocycles. The van der Waals surface area contributed by atoms with Crippen molar-refractivity contribution in [2.75, 3.05) is 25.0 Å². The van der Waals surface area contributed by atoms with Gasteiger partial charge in [0.15, 0.2) is 0 Å². The number of benzene rings is 2. The van der Waals surface area contributed by atoms with Crippen LogP contribution in [0.1, 0.15) is 35.7 Å². The van der Waals surface area contributed by atoms with E-state index in [1.807, 2.05) is 21.7 Å². The molecule has 1 atom stereocenters. The van der Waals surface area contributed by atoms with E-state index in [2.05, 4.69) is 11.9 Å². The van der Waals surface area contributed by atoms with Gasteiger partial charge < -0.3 is 20.7 Å². The maximum Gasteiger partial charge on any atom is 0.254 e. The topological polar surface area (TPSA) is 102 Å². The molecule has 192 valence electrons. The number of carbonyl (C=O) groups excluding carboxylic acids is 2. The number of amides is 2. The van der Waals surface area contributed by atoms with Crippen molar-refractivity contribution in [3.05, 3.63) is 70.7 Å². The molecule has 37 heavy (non-hydrogen) atoms. The van der Waals surface area contributed by atoms with Crippen LogP contribution >= 0.6 is 23.2 Å². The number of hydrogen-bond acceptors (Lipinski definition) is 5. The predicted molar refractivity (Wildman–Crippen MR) is 144 cm³/mol. The molecule has 1 fully saturated rings. The molecule has 3 aromatic rings. The van der Waals surface area contributed by atoms with Gasteiger partial charge in [0.2, 0.25) is 5.91 Å². The molecule has 2 aliphatic heterocycles. The molecule has 8 nitrogen and oxygen atoms in total. The summed E-state index contributed by atoms with van der Waals surface area (Å²) in [5, 5.41) is 9.08. The van der Waals surface area contributed by atoms with E-state index in [0.29, 0.717) is 57.6 Å². The zero-order valence-corrected chi connectivity index (χ0v) is 21.6. The second-order valence-corrected chi connectivity index (χ2v) is 10.0. The minimum atomic E-state index is -0.535. The lowest BCUT2D eigenvalue weighted by molar-refractivity contribution is -0.127. The van der Waals surface area contributed by atoms with E-state index in [9.17, 15) is 9.59 Å². The van der Waals surface area contributed by atoms with Gasteiger partial charge in [0.05, 0.1) is 16.1 Å². The molecule has 0 saturated carbocycles. The number of halogens is 2. The van der Waals surface area contributed by atoms with Gasteiger partial charge in [-0.3, -0.25) is 9.59 Å². The fourth-order valence-corrected chi connectivity index (χ4v) is 5.45. The maximum absolute atomic E-state index is 12.6. The van der Waals surface area contributed by atoms with Crippen molar-refractivity contribution in [2.24, 2.45) is 11.7 Å². The Bertz CT molecular complexity index is 1350. The molecule has 10 heteroatoms. The van der Waals surface area contributed by atoms with Gasteiger partial charge >= 0.3 is 0 Å². The van der Waals surface area contributed by atoms with Crippen molar-refractivity contribution >= 4 is 40.8 Å². The molecule has 0 radical (unpaired) electrons. The standard InChI is InChI=1S/C27H27Cl2N5O3/c1-2-23(35)33-13-10-16(11-14-33)22-9-12-31-27-24(26(30)36)25(32-34(22)27)17-3-5-18(6-4-17)37-19-7-8-20(28)21(29)15-19/h2-8,15-16,22,31H,1,9-14H2,(H2,30,36). The van der Waals surface area contributed by atoms with E-state index < -0.39 is 5.91 Å². The predicted octanol–water partition coefficient (Wildman–Crippen LogP) is 5.53. The Balaban J connectivity index is 1.40. The van der Waals surface area contributed by atoms with Crippen LogP contribution in [0.25, 0.3) is 11.3 Å². The molecule has 2 amide bonds. The third kappa shape index (κ3) is 5.04. The average molecular weight is 540 g/mol. The Kier molecular flexibility index (Phi) is 7.13. The van der Waals surface area contributed by atoms with Crippen LogP contribution in [0.2, 0.25) is 10.0 Å². The van der Waals surface area contributed by atoms with Crippen LogP contribution in [0.4, 0.5) is 5.82 Å². The van der Waals surface area contributed by atoms with Gasteiger partial charge in [0.1, 0.15) is 28.6 Å². The first kappa shape index (κ1) is 25.2. The molecule has 0 aliphatic carbocycles. The first-order chi connectivity index (χ1) is 17.9. The van der Waals surface area contributed by atoms with Crippen molar-refractivity contribution in [3.8, 4) is 22.8 Å². The molecule has 3 heterocycles. The highest BCUT2D eigenvalue weighted by molar-refractivity contribution is 6.42. The molecule has 1 unspecified atom stereocenters. The molecular weight excluding hydrogens is 513 g/mol. The van der Waals surface area contributed by atoms with Crippen molar-refractivity contribution < 1.29 is 14.3 Å². The number of primary amides is 1. The third-order valence-electron chi connectivity index (χ3n) is 7.03. The van der Waals surface area contributed by atoms with E-state index in [1.54, 1.807) is 30.3 Å². The number of rotatable bonds is 6. The minimum absolute atomic E-state index is 0.0339. The van der Waals surface area contributed by atoms with Crippen LogP contribution in [-0.2, 0) is 4.79 Å². The van der Waals surface area contributed by atoms with E-state index in [-0.39, 0.29) is 11.9 Å². The van der Waals surface area contributed by atoms with Crippen LogP contribution < -0.4 is 15.8 Å². The Morgan fingerprint density at radius 1 is 1.05 bits per heavy atom. The first-order valence-electron chi connectivity index (χ1n) is 12.2. The summed E-state index contributed by atoms with van der Waals surface area (Å²) in [5.74, 6) is 1.58. The summed E-state index contributed by atoms with van der Waals surface area (Å²) in [6.45, 7) is 5.68. The highest BCUT2D eigenvalue weighted by Crippen LogP contribution is 2.40.